The van der Waals surface area contributed by atoms with Crippen LogP contribution in [0.2, 0.25) is 0 Å². The Labute approximate surface area is 157 Å². The van der Waals surface area contributed by atoms with E-state index in [2.05, 4.69) is 22.4 Å². The molecule has 0 spiro atoms. The average molecular weight is 389 g/mol. The summed E-state index contributed by atoms with van der Waals surface area (Å²) in [4.78, 5) is 14.2. The number of carbonyl (C=O) groups is 1. The van der Waals surface area contributed by atoms with Gasteiger partial charge in [0.1, 0.15) is 0 Å². The number of hydrogen-bond donors (Lipinski definition) is 1. The molecule has 1 fully saturated rings. The van der Waals surface area contributed by atoms with E-state index in [-0.39, 0.29) is 12.3 Å². The van der Waals surface area contributed by atoms with Crippen LogP contribution >= 0.6 is 23.1 Å². The number of ether oxygens (including phenoxy) is 2. The predicted octanol–water partition coefficient (Wildman–Crippen LogP) is 3.83. The normalized spacial score (nSPS) is 14.8. The fourth-order valence-corrected chi connectivity index (χ4v) is 4.23. The first-order valence-electron chi connectivity index (χ1n) is 8.98. The van der Waals surface area contributed by atoms with Gasteiger partial charge in [0.25, 0.3) is 0 Å². The van der Waals surface area contributed by atoms with E-state index >= 15 is 0 Å². The maximum absolute atomic E-state index is 12.5. The van der Waals surface area contributed by atoms with E-state index in [0.717, 1.165) is 16.5 Å². The van der Waals surface area contributed by atoms with Crippen LogP contribution in [0.25, 0.3) is 0 Å². The summed E-state index contributed by atoms with van der Waals surface area (Å²) < 4.78 is 11.8. The molecule has 0 bridgehead atoms. The third-order valence-corrected chi connectivity index (χ3v) is 5.74. The molecule has 0 aliphatic carbocycles. The van der Waals surface area contributed by atoms with Crippen molar-refractivity contribution in [2.45, 2.75) is 56.6 Å². The molecular formula is C16H28N4O3S2. The van der Waals surface area contributed by atoms with E-state index in [9.17, 15) is 4.79 Å². The van der Waals surface area contributed by atoms with E-state index in [1.165, 1.54) is 37.0 Å². The Morgan fingerprint density at radius 1 is 1.24 bits per heavy atom. The summed E-state index contributed by atoms with van der Waals surface area (Å²) in [5, 5.41) is 11.6. The molecule has 1 aromatic heterocycles. The fourth-order valence-electron chi connectivity index (χ4n) is 2.42. The van der Waals surface area contributed by atoms with Crippen LogP contribution in [-0.2, 0) is 9.47 Å². The highest BCUT2D eigenvalue weighted by molar-refractivity contribution is 8.01. The van der Waals surface area contributed by atoms with Crippen molar-refractivity contribution in [2.24, 2.45) is 0 Å². The van der Waals surface area contributed by atoms with Gasteiger partial charge < -0.3 is 14.4 Å². The lowest BCUT2D eigenvalue weighted by atomic mass is 10.2. The third kappa shape index (κ3) is 7.47. The molecule has 142 valence electrons. The molecule has 1 N–H and O–H groups in total. The zero-order valence-corrected chi connectivity index (χ0v) is 16.7. The molecule has 2 heterocycles. The first-order valence-corrected chi connectivity index (χ1v) is 10.8. The van der Waals surface area contributed by atoms with Gasteiger partial charge in [0.15, 0.2) is 10.6 Å². The molecule has 2 rings (SSSR count). The van der Waals surface area contributed by atoms with Crippen molar-refractivity contribution in [1.82, 2.24) is 15.1 Å². The van der Waals surface area contributed by atoms with Crippen molar-refractivity contribution in [1.29, 1.82) is 0 Å². The average Bonchev–Trinajstić information content (AvgIpc) is 3.26. The zero-order valence-electron chi connectivity index (χ0n) is 15.0. The van der Waals surface area contributed by atoms with Gasteiger partial charge in [-0.3, -0.25) is 5.32 Å². The minimum atomic E-state index is -0.332. The van der Waals surface area contributed by atoms with E-state index in [4.69, 9.17) is 9.47 Å². The molecule has 0 unspecified atom stereocenters. The summed E-state index contributed by atoms with van der Waals surface area (Å²) in [6.07, 6.45) is 5.50. The van der Waals surface area contributed by atoms with Gasteiger partial charge in [-0.15, -0.1) is 10.2 Å². The lowest BCUT2D eigenvalue weighted by Crippen LogP contribution is -2.41. The van der Waals surface area contributed by atoms with Gasteiger partial charge in [0, 0.05) is 12.3 Å². The van der Waals surface area contributed by atoms with E-state index in [1.807, 2.05) is 6.92 Å². The summed E-state index contributed by atoms with van der Waals surface area (Å²) >= 11 is 3.13. The highest BCUT2D eigenvalue weighted by Crippen LogP contribution is 2.26. The molecule has 1 saturated heterocycles. The number of carbonyl (C=O) groups excluding carboxylic acids is 1. The van der Waals surface area contributed by atoms with Crippen LogP contribution in [0.3, 0.4) is 0 Å². The van der Waals surface area contributed by atoms with Gasteiger partial charge in [0.2, 0.25) is 5.13 Å². The summed E-state index contributed by atoms with van der Waals surface area (Å²) in [5.41, 5.74) is 0. The van der Waals surface area contributed by atoms with E-state index in [0.29, 0.717) is 31.4 Å². The van der Waals surface area contributed by atoms with E-state index < -0.39 is 0 Å². The van der Waals surface area contributed by atoms with Crippen LogP contribution in [0.5, 0.6) is 0 Å². The second-order valence-corrected chi connectivity index (χ2v) is 8.15. The van der Waals surface area contributed by atoms with Crippen LogP contribution in [-0.4, -0.2) is 59.5 Å². The molecule has 9 heteroatoms. The molecule has 1 aliphatic heterocycles. The Morgan fingerprint density at radius 3 is 2.76 bits per heavy atom. The highest BCUT2D eigenvalue weighted by Gasteiger charge is 2.23. The number of hydrogen-bond acceptors (Lipinski definition) is 7. The molecule has 0 atom stereocenters. The molecule has 0 aromatic carbocycles. The summed E-state index contributed by atoms with van der Waals surface area (Å²) in [6.45, 7) is 6.49. The van der Waals surface area contributed by atoms with Crippen LogP contribution in [0.4, 0.5) is 9.93 Å². The number of anilines is 1. The fraction of sp³-hybridized carbons (Fsp3) is 0.812. The van der Waals surface area contributed by atoms with Crippen molar-refractivity contribution in [2.75, 3.05) is 37.4 Å². The van der Waals surface area contributed by atoms with Gasteiger partial charge in [-0.25, -0.2) is 4.79 Å². The second-order valence-electron chi connectivity index (χ2n) is 5.83. The quantitative estimate of drug-likeness (QED) is 0.353. The number of nitrogens with zero attached hydrogens (tertiary/aromatic N) is 3. The number of unbranched alkanes of at least 4 members (excludes halogenated alkanes) is 3. The van der Waals surface area contributed by atoms with Gasteiger partial charge in [-0.05, 0) is 12.8 Å². The Balaban J connectivity index is 1.77. The van der Waals surface area contributed by atoms with Crippen molar-refractivity contribution in [3.63, 3.8) is 0 Å². The van der Waals surface area contributed by atoms with Crippen molar-refractivity contribution in [3.8, 4) is 0 Å². The van der Waals surface area contributed by atoms with Gasteiger partial charge in [-0.1, -0.05) is 56.2 Å². The Morgan fingerprint density at radius 2 is 2.04 bits per heavy atom. The SMILES string of the molecule is CCCCCCSc1nnc(NC(=O)N(CCC)CC2OCCO2)s1. The monoisotopic (exact) mass is 388 g/mol. The van der Waals surface area contributed by atoms with E-state index in [1.54, 1.807) is 16.7 Å². The number of amides is 2. The Kier molecular flexibility index (Phi) is 9.52. The molecular weight excluding hydrogens is 360 g/mol. The molecule has 1 aromatic rings. The number of urea groups is 1. The molecule has 0 radical (unpaired) electrons. The largest absolute Gasteiger partial charge is 0.348 e. The van der Waals surface area contributed by atoms with Crippen LogP contribution < -0.4 is 5.32 Å². The van der Waals surface area contributed by atoms with Crippen molar-refractivity contribution in [3.05, 3.63) is 0 Å². The minimum absolute atomic E-state index is 0.184. The molecule has 7 nitrogen and oxygen atoms in total. The topological polar surface area (TPSA) is 76.6 Å². The summed E-state index contributed by atoms with van der Waals surface area (Å²) in [5.74, 6) is 1.04. The predicted molar refractivity (Wildman–Crippen MR) is 101 cm³/mol. The van der Waals surface area contributed by atoms with Gasteiger partial charge >= 0.3 is 6.03 Å². The Bertz CT molecular complexity index is 509. The minimum Gasteiger partial charge on any atom is -0.348 e. The maximum Gasteiger partial charge on any atom is 0.323 e. The van der Waals surface area contributed by atoms with Crippen LogP contribution in [0.15, 0.2) is 4.34 Å². The van der Waals surface area contributed by atoms with Gasteiger partial charge in [-0.2, -0.15) is 0 Å². The lowest BCUT2D eigenvalue weighted by molar-refractivity contribution is -0.0546. The number of nitrogens with one attached hydrogen (secondary N) is 1. The second kappa shape index (κ2) is 11.7. The van der Waals surface area contributed by atoms with Crippen molar-refractivity contribution < 1.29 is 14.3 Å². The first-order chi connectivity index (χ1) is 12.2. The first kappa shape index (κ1) is 20.4. The molecule has 0 saturated carbocycles. The van der Waals surface area contributed by atoms with Crippen molar-refractivity contribution >= 4 is 34.3 Å². The lowest BCUT2D eigenvalue weighted by Gasteiger charge is -2.24. The maximum atomic E-state index is 12.5. The number of rotatable bonds is 11. The Hall–Kier alpha value is -0.900. The third-order valence-electron chi connectivity index (χ3n) is 3.68. The smallest absolute Gasteiger partial charge is 0.323 e. The number of thioether (sulfide) groups is 1. The summed E-state index contributed by atoms with van der Waals surface area (Å²) in [6, 6.07) is -0.184. The molecule has 1 aliphatic rings. The number of aromatic nitrogens is 2. The van der Waals surface area contributed by atoms with Crippen LogP contribution in [0, 0.1) is 0 Å². The van der Waals surface area contributed by atoms with Gasteiger partial charge in [0.05, 0.1) is 19.8 Å². The molecule has 2 amide bonds. The summed E-state index contributed by atoms with van der Waals surface area (Å²) in [7, 11) is 0. The zero-order chi connectivity index (χ0) is 17.9. The highest BCUT2D eigenvalue weighted by atomic mass is 32.2. The van der Waals surface area contributed by atoms with Crippen LogP contribution in [0.1, 0.15) is 46.0 Å². The standard InChI is InChI=1S/C16H28N4O3S2/c1-3-5-6-7-11-24-16-19-18-14(25-16)17-15(21)20(8-4-2)12-13-22-9-10-23-13/h13H,3-12H2,1-2H3,(H,17,18,21). The molecule has 25 heavy (non-hydrogen) atoms.